The van der Waals surface area contributed by atoms with Crippen LogP contribution in [0.1, 0.15) is 20.7 Å². The van der Waals surface area contributed by atoms with Crippen LogP contribution >= 0.6 is 0 Å². The fourth-order valence-corrected chi connectivity index (χ4v) is 2.88. The maximum Gasteiger partial charge on any atom is 0.216 e. The lowest BCUT2D eigenvalue weighted by molar-refractivity contribution is 0.0988. The van der Waals surface area contributed by atoms with Crippen LogP contribution in [0.15, 0.2) is 72.8 Å². The van der Waals surface area contributed by atoms with Gasteiger partial charge in [0.05, 0.1) is 11.1 Å². The van der Waals surface area contributed by atoms with Crippen molar-refractivity contribution in [2.75, 3.05) is 0 Å². The van der Waals surface area contributed by atoms with Crippen LogP contribution in [-0.2, 0) is 0 Å². The number of aromatic hydroxyl groups is 2. The number of benzene rings is 3. The summed E-state index contributed by atoms with van der Waals surface area (Å²) in [5.74, 6) is -2.22. The standard InChI is InChI=1S/C22H14O6/c23-15-11-12-16(24)18-17(15)19(25)21(27-13-7-3-1-4-8-13)22(20(18)26)28-14-9-5-2-6-10-14/h1-12,25-26H. The lowest BCUT2D eigenvalue weighted by Gasteiger charge is -2.20. The monoisotopic (exact) mass is 374 g/mol. The second kappa shape index (κ2) is 6.92. The van der Waals surface area contributed by atoms with E-state index in [4.69, 9.17) is 9.47 Å². The van der Waals surface area contributed by atoms with Gasteiger partial charge in [0.15, 0.2) is 23.1 Å². The summed E-state index contributed by atoms with van der Waals surface area (Å²) in [6, 6.07) is 17.0. The highest BCUT2D eigenvalue weighted by atomic mass is 16.5. The Hall–Kier alpha value is -4.06. The number of hydrogen-bond donors (Lipinski definition) is 2. The first kappa shape index (κ1) is 17.4. The minimum Gasteiger partial charge on any atom is -0.504 e. The Kier molecular flexibility index (Phi) is 4.29. The van der Waals surface area contributed by atoms with E-state index < -0.39 is 23.1 Å². The number of hydrogen-bond acceptors (Lipinski definition) is 6. The first-order valence-corrected chi connectivity index (χ1v) is 8.40. The molecule has 6 nitrogen and oxygen atoms in total. The molecule has 0 saturated heterocycles. The van der Waals surface area contributed by atoms with Crippen molar-refractivity contribution in [2.45, 2.75) is 0 Å². The molecule has 0 aromatic heterocycles. The SMILES string of the molecule is O=C1C=CC(=O)c2c(O)c(Oc3ccccc3)c(Oc3ccccc3)c(O)c21. The molecule has 0 atom stereocenters. The number of phenols is 2. The number of ether oxygens (including phenoxy) is 2. The van der Waals surface area contributed by atoms with Gasteiger partial charge in [-0.15, -0.1) is 0 Å². The van der Waals surface area contributed by atoms with Crippen molar-refractivity contribution in [2.24, 2.45) is 0 Å². The van der Waals surface area contributed by atoms with Gasteiger partial charge in [-0.05, 0) is 36.4 Å². The largest absolute Gasteiger partial charge is 0.504 e. The predicted molar refractivity (Wildman–Crippen MR) is 101 cm³/mol. The van der Waals surface area contributed by atoms with E-state index in [1.165, 1.54) is 0 Å². The number of fused-ring (bicyclic) bond motifs is 1. The van der Waals surface area contributed by atoms with Gasteiger partial charge in [-0.25, -0.2) is 0 Å². The Balaban J connectivity index is 1.94. The Bertz CT molecular complexity index is 1010. The molecule has 0 unspecified atom stereocenters. The van der Waals surface area contributed by atoms with E-state index in [-0.39, 0.29) is 22.6 Å². The van der Waals surface area contributed by atoms with E-state index in [1.807, 2.05) is 0 Å². The lowest BCUT2D eigenvalue weighted by Crippen LogP contribution is -2.13. The van der Waals surface area contributed by atoms with Gasteiger partial charge in [0.1, 0.15) is 11.5 Å². The number of allylic oxidation sites excluding steroid dienone is 2. The van der Waals surface area contributed by atoms with Crippen LogP contribution < -0.4 is 9.47 Å². The molecule has 6 heteroatoms. The number of carbonyl (C=O) groups excluding carboxylic acids is 2. The van der Waals surface area contributed by atoms with Crippen LogP contribution in [0, 0.1) is 0 Å². The Morgan fingerprint density at radius 2 is 0.929 bits per heavy atom. The number of carbonyl (C=O) groups is 2. The minimum absolute atomic E-state index is 0.261. The highest BCUT2D eigenvalue weighted by Crippen LogP contribution is 2.52. The number of rotatable bonds is 4. The Morgan fingerprint density at radius 3 is 1.29 bits per heavy atom. The number of phenolic OH excluding ortho intramolecular Hbond substituents is 2. The Morgan fingerprint density at radius 1 is 0.571 bits per heavy atom. The third-order valence-electron chi connectivity index (χ3n) is 4.17. The van der Waals surface area contributed by atoms with Crippen LogP contribution in [0.25, 0.3) is 0 Å². The van der Waals surface area contributed by atoms with Crippen molar-refractivity contribution in [3.05, 3.63) is 83.9 Å². The molecule has 3 aromatic rings. The van der Waals surface area contributed by atoms with Gasteiger partial charge in [0.25, 0.3) is 0 Å². The molecular weight excluding hydrogens is 360 g/mol. The minimum atomic E-state index is -0.619. The van der Waals surface area contributed by atoms with Gasteiger partial charge in [-0.3, -0.25) is 9.59 Å². The van der Waals surface area contributed by atoms with Crippen molar-refractivity contribution in [1.82, 2.24) is 0 Å². The third kappa shape index (κ3) is 2.97. The molecule has 0 heterocycles. The second-order valence-corrected chi connectivity index (χ2v) is 6.00. The van der Waals surface area contributed by atoms with Crippen molar-refractivity contribution in [1.29, 1.82) is 0 Å². The fourth-order valence-electron chi connectivity index (χ4n) is 2.88. The van der Waals surface area contributed by atoms with E-state index in [0.29, 0.717) is 11.5 Å². The van der Waals surface area contributed by atoms with Crippen LogP contribution in [0.4, 0.5) is 0 Å². The summed E-state index contributed by atoms with van der Waals surface area (Å²) in [5, 5.41) is 21.5. The van der Waals surface area contributed by atoms with Gasteiger partial charge in [-0.2, -0.15) is 0 Å². The molecule has 0 amide bonds. The van der Waals surface area contributed by atoms with E-state index in [0.717, 1.165) is 12.2 Å². The summed E-state index contributed by atoms with van der Waals surface area (Å²) in [4.78, 5) is 24.5. The highest BCUT2D eigenvalue weighted by molar-refractivity contribution is 6.25. The fraction of sp³-hybridized carbons (Fsp3) is 0. The first-order valence-electron chi connectivity index (χ1n) is 8.40. The zero-order valence-electron chi connectivity index (χ0n) is 14.5. The van der Waals surface area contributed by atoms with E-state index in [2.05, 4.69) is 0 Å². The van der Waals surface area contributed by atoms with E-state index in [1.54, 1.807) is 60.7 Å². The molecule has 4 rings (SSSR count). The van der Waals surface area contributed by atoms with Crippen LogP contribution in [-0.4, -0.2) is 21.8 Å². The molecule has 28 heavy (non-hydrogen) atoms. The summed E-state index contributed by atoms with van der Waals surface area (Å²) < 4.78 is 11.4. The second-order valence-electron chi connectivity index (χ2n) is 6.00. The molecule has 0 aliphatic heterocycles. The summed E-state index contributed by atoms with van der Waals surface area (Å²) in [6.07, 6.45) is 2.07. The molecule has 0 fully saturated rings. The molecule has 0 radical (unpaired) electrons. The summed E-state index contributed by atoms with van der Waals surface area (Å²) >= 11 is 0. The topological polar surface area (TPSA) is 93.1 Å². The molecule has 3 aromatic carbocycles. The van der Waals surface area contributed by atoms with Gasteiger partial charge >= 0.3 is 0 Å². The maximum atomic E-state index is 12.3. The van der Waals surface area contributed by atoms with Crippen LogP contribution in [0.2, 0.25) is 0 Å². The molecule has 0 bridgehead atoms. The molecule has 1 aliphatic carbocycles. The third-order valence-corrected chi connectivity index (χ3v) is 4.17. The van der Waals surface area contributed by atoms with E-state index >= 15 is 0 Å². The average molecular weight is 374 g/mol. The molecule has 2 N–H and O–H groups in total. The summed E-state index contributed by atoms with van der Waals surface area (Å²) in [5.41, 5.74) is -0.646. The molecule has 1 aliphatic rings. The van der Waals surface area contributed by atoms with Crippen molar-refractivity contribution in [3.8, 4) is 34.5 Å². The number of para-hydroxylation sites is 2. The van der Waals surface area contributed by atoms with Crippen molar-refractivity contribution >= 4 is 11.6 Å². The molecule has 0 saturated carbocycles. The Labute approximate surface area is 159 Å². The zero-order chi connectivity index (χ0) is 19.7. The average Bonchev–Trinajstić information content (AvgIpc) is 2.72. The quantitative estimate of drug-likeness (QED) is 0.648. The molecule has 138 valence electrons. The zero-order valence-corrected chi connectivity index (χ0v) is 14.5. The normalized spacial score (nSPS) is 12.6. The molecular formula is C22H14O6. The van der Waals surface area contributed by atoms with Gasteiger partial charge in [0.2, 0.25) is 11.5 Å². The highest BCUT2D eigenvalue weighted by Gasteiger charge is 2.34. The predicted octanol–water partition coefficient (Wildman–Crippen LogP) is 4.62. The van der Waals surface area contributed by atoms with Crippen molar-refractivity contribution in [3.63, 3.8) is 0 Å². The van der Waals surface area contributed by atoms with E-state index in [9.17, 15) is 19.8 Å². The maximum absolute atomic E-state index is 12.3. The molecule has 0 spiro atoms. The smallest absolute Gasteiger partial charge is 0.216 e. The summed E-state index contributed by atoms with van der Waals surface area (Å²) in [6.45, 7) is 0. The van der Waals surface area contributed by atoms with Gasteiger partial charge in [0, 0.05) is 0 Å². The number of ketones is 2. The van der Waals surface area contributed by atoms with Crippen LogP contribution in [0.3, 0.4) is 0 Å². The first-order chi connectivity index (χ1) is 13.6. The van der Waals surface area contributed by atoms with Crippen LogP contribution in [0.5, 0.6) is 34.5 Å². The van der Waals surface area contributed by atoms with Gasteiger partial charge < -0.3 is 19.7 Å². The van der Waals surface area contributed by atoms with Crippen molar-refractivity contribution < 1.29 is 29.3 Å². The summed E-state index contributed by atoms with van der Waals surface area (Å²) in [7, 11) is 0. The lowest BCUT2D eigenvalue weighted by atomic mass is 9.92. The van der Waals surface area contributed by atoms with Gasteiger partial charge in [-0.1, -0.05) is 36.4 Å².